The van der Waals surface area contributed by atoms with Gasteiger partial charge in [-0.25, -0.2) is 0 Å². The van der Waals surface area contributed by atoms with Crippen LogP contribution in [0.1, 0.15) is 40.5 Å². The van der Waals surface area contributed by atoms with Gasteiger partial charge in [0.05, 0.1) is 0 Å². The summed E-state index contributed by atoms with van der Waals surface area (Å²) in [6.45, 7) is 15.3. The van der Waals surface area contributed by atoms with Crippen LogP contribution in [0.5, 0.6) is 0 Å². The number of hydrogen-bond acceptors (Lipinski definition) is 3. The maximum absolute atomic E-state index is 10.9. The van der Waals surface area contributed by atoms with Gasteiger partial charge in [-0.05, 0) is 25.3 Å². The highest BCUT2D eigenvalue weighted by Gasteiger charge is 2.18. The second-order valence-corrected chi connectivity index (χ2v) is 6.45. The first-order chi connectivity index (χ1) is 7.87. The van der Waals surface area contributed by atoms with E-state index in [1.165, 1.54) is 13.0 Å². The Morgan fingerprint density at radius 1 is 1.00 bits per heavy atom. The fourth-order valence-corrected chi connectivity index (χ4v) is 2.05. The van der Waals surface area contributed by atoms with E-state index in [9.17, 15) is 4.79 Å². The third kappa shape index (κ3) is 6.79. The van der Waals surface area contributed by atoms with E-state index in [4.69, 9.17) is 0 Å². The normalized spacial score (nSPS) is 19.5. The molecule has 0 N–H and O–H groups in total. The lowest BCUT2D eigenvalue weighted by Crippen LogP contribution is -2.47. The average molecular weight is 240 g/mol. The van der Waals surface area contributed by atoms with Crippen LogP contribution in [0.25, 0.3) is 0 Å². The number of nitrogens with zero attached hydrogens (tertiary/aromatic N) is 2. The zero-order valence-electron chi connectivity index (χ0n) is 12.0. The van der Waals surface area contributed by atoms with E-state index in [0.717, 1.165) is 32.7 Å². The van der Waals surface area contributed by atoms with Crippen LogP contribution in [-0.2, 0) is 4.79 Å². The van der Waals surface area contributed by atoms with Gasteiger partial charge in [0.2, 0.25) is 0 Å². The molecule has 0 aromatic carbocycles. The summed E-state index contributed by atoms with van der Waals surface area (Å²) in [7, 11) is 0. The molecule has 1 fully saturated rings. The lowest BCUT2D eigenvalue weighted by Gasteiger charge is -2.35. The SMILES string of the molecule is CC(=O)CCN1CCN(CCC(C)(C)C)CC1. The molecule has 100 valence electrons. The molecule has 3 heteroatoms. The van der Waals surface area contributed by atoms with Gasteiger partial charge in [-0.3, -0.25) is 4.79 Å². The molecule has 0 saturated carbocycles. The summed E-state index contributed by atoms with van der Waals surface area (Å²) in [4.78, 5) is 15.9. The number of Topliss-reactive ketones (excluding diaryl/α,β-unsaturated/α-hetero) is 1. The topological polar surface area (TPSA) is 23.6 Å². The molecule has 17 heavy (non-hydrogen) atoms. The molecule has 0 aromatic heterocycles. The number of hydrogen-bond donors (Lipinski definition) is 0. The average Bonchev–Trinajstić information content (AvgIpc) is 2.24. The Hall–Kier alpha value is -0.410. The molecule has 3 nitrogen and oxygen atoms in total. The van der Waals surface area contributed by atoms with E-state index in [-0.39, 0.29) is 0 Å². The van der Waals surface area contributed by atoms with Crippen molar-refractivity contribution >= 4 is 5.78 Å². The van der Waals surface area contributed by atoms with Gasteiger partial charge in [0, 0.05) is 39.1 Å². The number of piperazine rings is 1. The number of carbonyl (C=O) groups excluding carboxylic acids is 1. The lowest BCUT2D eigenvalue weighted by molar-refractivity contribution is -0.117. The first-order valence-corrected chi connectivity index (χ1v) is 6.81. The maximum Gasteiger partial charge on any atom is 0.131 e. The largest absolute Gasteiger partial charge is 0.301 e. The molecule has 1 aliphatic heterocycles. The van der Waals surface area contributed by atoms with E-state index < -0.39 is 0 Å². The van der Waals surface area contributed by atoms with Gasteiger partial charge in [0.25, 0.3) is 0 Å². The Balaban J connectivity index is 2.15. The Morgan fingerprint density at radius 2 is 1.47 bits per heavy atom. The summed E-state index contributed by atoms with van der Waals surface area (Å²) in [5, 5.41) is 0. The van der Waals surface area contributed by atoms with E-state index in [2.05, 4.69) is 30.6 Å². The van der Waals surface area contributed by atoms with Gasteiger partial charge in [-0.15, -0.1) is 0 Å². The first-order valence-electron chi connectivity index (χ1n) is 6.81. The summed E-state index contributed by atoms with van der Waals surface area (Å²) in [6.07, 6.45) is 1.97. The van der Waals surface area contributed by atoms with E-state index in [1.54, 1.807) is 6.92 Å². The highest BCUT2D eigenvalue weighted by molar-refractivity contribution is 5.75. The van der Waals surface area contributed by atoms with Crippen LogP contribution in [0, 0.1) is 5.41 Å². The molecule has 0 amide bonds. The van der Waals surface area contributed by atoms with Crippen LogP contribution in [0.2, 0.25) is 0 Å². The minimum absolute atomic E-state index is 0.306. The predicted molar refractivity (Wildman–Crippen MR) is 72.3 cm³/mol. The van der Waals surface area contributed by atoms with Crippen molar-refractivity contribution in [1.82, 2.24) is 9.80 Å². The Kier molecular flexibility index (Phi) is 5.60. The van der Waals surface area contributed by atoms with Crippen LogP contribution in [0.4, 0.5) is 0 Å². The summed E-state index contributed by atoms with van der Waals surface area (Å²) in [6, 6.07) is 0. The lowest BCUT2D eigenvalue weighted by atomic mass is 9.92. The molecule has 0 atom stereocenters. The fraction of sp³-hybridized carbons (Fsp3) is 0.929. The molecule has 1 rings (SSSR count). The van der Waals surface area contributed by atoms with Gasteiger partial charge in [-0.1, -0.05) is 20.8 Å². The highest BCUT2D eigenvalue weighted by atomic mass is 16.1. The number of carbonyl (C=O) groups is 1. The molecule has 1 aliphatic rings. The third-order valence-electron chi connectivity index (χ3n) is 3.42. The third-order valence-corrected chi connectivity index (χ3v) is 3.42. The van der Waals surface area contributed by atoms with Crippen molar-refractivity contribution in [3.63, 3.8) is 0 Å². The molecule has 1 saturated heterocycles. The van der Waals surface area contributed by atoms with Crippen molar-refractivity contribution in [2.75, 3.05) is 39.3 Å². The fourth-order valence-electron chi connectivity index (χ4n) is 2.05. The van der Waals surface area contributed by atoms with Crippen molar-refractivity contribution in [1.29, 1.82) is 0 Å². The van der Waals surface area contributed by atoms with Gasteiger partial charge in [-0.2, -0.15) is 0 Å². The molecule has 0 unspecified atom stereocenters. The highest BCUT2D eigenvalue weighted by Crippen LogP contribution is 2.19. The summed E-state index contributed by atoms with van der Waals surface area (Å²) in [5.41, 5.74) is 0.436. The summed E-state index contributed by atoms with van der Waals surface area (Å²) < 4.78 is 0. The summed E-state index contributed by atoms with van der Waals surface area (Å²) >= 11 is 0. The van der Waals surface area contributed by atoms with Crippen molar-refractivity contribution in [2.45, 2.75) is 40.5 Å². The van der Waals surface area contributed by atoms with E-state index in [0.29, 0.717) is 17.6 Å². The maximum atomic E-state index is 10.9. The molecule has 0 radical (unpaired) electrons. The zero-order valence-corrected chi connectivity index (χ0v) is 12.0. The van der Waals surface area contributed by atoms with Gasteiger partial charge >= 0.3 is 0 Å². The molecule has 0 bridgehead atoms. The molecular formula is C14H28N2O. The van der Waals surface area contributed by atoms with Crippen molar-refractivity contribution in [2.24, 2.45) is 5.41 Å². The van der Waals surface area contributed by atoms with Gasteiger partial charge < -0.3 is 9.80 Å². The number of ketones is 1. The molecule has 0 aliphatic carbocycles. The van der Waals surface area contributed by atoms with Crippen molar-refractivity contribution in [3.8, 4) is 0 Å². The Labute approximate surface area is 106 Å². The van der Waals surface area contributed by atoms with Crippen LogP contribution in [-0.4, -0.2) is 54.9 Å². The predicted octanol–water partition coefficient (Wildman–Crippen LogP) is 2.02. The van der Waals surface area contributed by atoms with Crippen molar-refractivity contribution in [3.05, 3.63) is 0 Å². The van der Waals surface area contributed by atoms with Gasteiger partial charge in [0.15, 0.2) is 0 Å². The molecular weight excluding hydrogens is 212 g/mol. The van der Waals surface area contributed by atoms with Crippen LogP contribution in [0.3, 0.4) is 0 Å². The van der Waals surface area contributed by atoms with E-state index >= 15 is 0 Å². The number of rotatable bonds is 5. The van der Waals surface area contributed by atoms with Crippen LogP contribution >= 0.6 is 0 Å². The zero-order chi connectivity index (χ0) is 12.9. The summed E-state index contributed by atoms with van der Waals surface area (Å²) in [5.74, 6) is 0.306. The van der Waals surface area contributed by atoms with Gasteiger partial charge in [0.1, 0.15) is 5.78 Å². The van der Waals surface area contributed by atoms with Crippen LogP contribution in [0.15, 0.2) is 0 Å². The second kappa shape index (κ2) is 6.50. The standard InChI is InChI=1S/C14H28N2O/c1-13(17)5-7-15-9-11-16(12-10-15)8-6-14(2,3)4/h5-12H2,1-4H3. The Bertz CT molecular complexity index is 237. The quantitative estimate of drug-likeness (QED) is 0.734. The smallest absolute Gasteiger partial charge is 0.131 e. The second-order valence-electron chi connectivity index (χ2n) is 6.45. The monoisotopic (exact) mass is 240 g/mol. The Morgan fingerprint density at radius 3 is 1.88 bits per heavy atom. The minimum atomic E-state index is 0.306. The minimum Gasteiger partial charge on any atom is -0.301 e. The molecule has 0 spiro atoms. The van der Waals surface area contributed by atoms with E-state index in [1.807, 2.05) is 0 Å². The molecule has 0 aromatic rings. The molecule has 1 heterocycles. The first kappa shape index (κ1) is 14.7. The van der Waals surface area contributed by atoms with Crippen LogP contribution < -0.4 is 0 Å². The van der Waals surface area contributed by atoms with Crippen molar-refractivity contribution < 1.29 is 4.79 Å².